The maximum absolute atomic E-state index is 15.1. The van der Waals surface area contributed by atoms with Crippen molar-refractivity contribution in [1.29, 1.82) is 0 Å². The minimum Gasteiger partial charge on any atom is -0.489 e. The molecule has 0 aliphatic carbocycles. The van der Waals surface area contributed by atoms with Crippen molar-refractivity contribution in [3.05, 3.63) is 87.7 Å². The van der Waals surface area contributed by atoms with E-state index in [1.807, 2.05) is 39.0 Å². The second kappa shape index (κ2) is 14.5. The smallest absolute Gasteiger partial charge is 0.420 e. The Labute approximate surface area is 274 Å². The van der Waals surface area contributed by atoms with E-state index >= 15 is 4.39 Å². The molecular weight excluding hydrogens is 607 g/mol. The molecule has 1 amide bonds. The van der Waals surface area contributed by atoms with Crippen LogP contribution in [0.1, 0.15) is 22.3 Å². The molecule has 5 rings (SSSR count). The van der Waals surface area contributed by atoms with Gasteiger partial charge in [-0.1, -0.05) is 29.8 Å². The van der Waals surface area contributed by atoms with Crippen LogP contribution in [0.4, 0.5) is 26.5 Å². The second-order valence-corrected chi connectivity index (χ2v) is 12.2. The summed E-state index contributed by atoms with van der Waals surface area (Å²) >= 11 is 6.19. The molecule has 9 nitrogen and oxygen atoms in total. The molecular formula is C35H40ClFN6O3. The quantitative estimate of drug-likeness (QED) is 0.205. The summed E-state index contributed by atoms with van der Waals surface area (Å²) in [5, 5.41) is 3.58. The van der Waals surface area contributed by atoms with Crippen LogP contribution >= 0.6 is 11.6 Å². The lowest BCUT2D eigenvalue weighted by Gasteiger charge is -2.32. The SMILES string of the molecule is Cc1ccc(Cl)cc1N(C)C(=O)Oc1cc(-c2ccc(C)c(C)c2C)nc(Nc2ccc(OCCN3CCN(C)CC3)c(F)c2)n1. The predicted octanol–water partition coefficient (Wildman–Crippen LogP) is 7.17. The van der Waals surface area contributed by atoms with Gasteiger partial charge in [0.15, 0.2) is 11.6 Å². The highest BCUT2D eigenvalue weighted by Crippen LogP contribution is 2.31. The zero-order valence-corrected chi connectivity index (χ0v) is 27.9. The Kier molecular flexibility index (Phi) is 10.4. The van der Waals surface area contributed by atoms with Gasteiger partial charge in [0.25, 0.3) is 0 Å². The number of benzene rings is 3. The number of carbonyl (C=O) groups excluding carboxylic acids is 1. The van der Waals surface area contributed by atoms with Crippen LogP contribution in [-0.2, 0) is 0 Å². The van der Waals surface area contributed by atoms with Gasteiger partial charge in [0.05, 0.1) is 11.4 Å². The van der Waals surface area contributed by atoms with Crippen molar-refractivity contribution in [3.63, 3.8) is 0 Å². The summed E-state index contributed by atoms with van der Waals surface area (Å²) < 4.78 is 26.6. The van der Waals surface area contributed by atoms with Crippen molar-refractivity contribution in [1.82, 2.24) is 19.8 Å². The maximum atomic E-state index is 15.1. The normalized spacial score (nSPS) is 13.8. The highest BCUT2D eigenvalue weighted by molar-refractivity contribution is 6.31. The minimum absolute atomic E-state index is 0.0333. The molecule has 1 saturated heterocycles. The molecule has 0 radical (unpaired) electrons. The lowest BCUT2D eigenvalue weighted by molar-refractivity contribution is 0.132. The lowest BCUT2D eigenvalue weighted by atomic mass is 9.97. The molecule has 3 aromatic carbocycles. The van der Waals surface area contributed by atoms with Gasteiger partial charge in [-0.2, -0.15) is 4.98 Å². The number of amides is 1. The Hall–Kier alpha value is -4.25. The van der Waals surface area contributed by atoms with Crippen LogP contribution in [0.3, 0.4) is 0 Å². The standard InChI is InChI=1S/C35H40ClFN6O3/c1-22-8-11-28(25(4)24(22)3)30-21-33(46-35(44)42(6)31-19-26(36)9-7-23(31)2)40-34(39-30)38-27-10-12-32(29(37)20-27)45-18-17-43-15-13-41(5)14-16-43/h7-12,19-21H,13-18H2,1-6H3,(H,38,39,40). The molecule has 0 atom stereocenters. The molecule has 0 spiro atoms. The Bertz CT molecular complexity index is 1730. The van der Waals surface area contributed by atoms with E-state index in [2.05, 4.69) is 34.1 Å². The zero-order valence-electron chi connectivity index (χ0n) is 27.2. The van der Waals surface area contributed by atoms with E-state index in [4.69, 9.17) is 26.1 Å². The van der Waals surface area contributed by atoms with E-state index in [0.29, 0.717) is 28.7 Å². The Morgan fingerprint density at radius 3 is 2.43 bits per heavy atom. The van der Waals surface area contributed by atoms with Gasteiger partial charge in [-0.3, -0.25) is 9.80 Å². The van der Waals surface area contributed by atoms with Gasteiger partial charge in [0.1, 0.15) is 6.61 Å². The molecule has 1 aliphatic heterocycles. The average Bonchev–Trinajstić information content (AvgIpc) is 3.02. The number of aryl methyl sites for hydroxylation is 2. The third-order valence-corrected chi connectivity index (χ3v) is 8.72. The molecule has 4 aromatic rings. The number of piperazine rings is 1. The molecule has 1 aliphatic rings. The summed E-state index contributed by atoms with van der Waals surface area (Å²) in [5.41, 5.74) is 6.61. The summed E-state index contributed by atoms with van der Waals surface area (Å²) in [6.07, 6.45) is -0.651. The van der Waals surface area contributed by atoms with E-state index in [1.165, 1.54) is 11.0 Å². The summed E-state index contributed by atoms with van der Waals surface area (Å²) in [6.45, 7) is 13.1. The second-order valence-electron chi connectivity index (χ2n) is 11.7. The van der Waals surface area contributed by atoms with Crippen molar-refractivity contribution in [2.75, 3.05) is 63.6 Å². The van der Waals surface area contributed by atoms with Crippen molar-refractivity contribution in [2.45, 2.75) is 27.7 Å². The van der Waals surface area contributed by atoms with Crippen LogP contribution in [0, 0.1) is 33.5 Å². The average molecular weight is 647 g/mol. The number of ether oxygens (including phenoxy) is 2. The molecule has 0 saturated carbocycles. The highest BCUT2D eigenvalue weighted by atomic mass is 35.5. The summed E-state index contributed by atoms with van der Waals surface area (Å²) in [7, 11) is 3.72. The van der Waals surface area contributed by atoms with Crippen LogP contribution in [0.15, 0.2) is 54.6 Å². The topological polar surface area (TPSA) is 83.1 Å². The number of hydrogen-bond donors (Lipinski definition) is 1. The van der Waals surface area contributed by atoms with Crippen LogP contribution in [-0.4, -0.2) is 79.3 Å². The molecule has 1 aromatic heterocycles. The fraction of sp³-hybridized carbons (Fsp3) is 0.343. The third-order valence-electron chi connectivity index (χ3n) is 8.48. The Morgan fingerprint density at radius 2 is 1.70 bits per heavy atom. The number of rotatable bonds is 9. The molecule has 1 N–H and O–H groups in total. The lowest BCUT2D eigenvalue weighted by Crippen LogP contribution is -2.45. The third kappa shape index (κ3) is 7.93. The summed E-state index contributed by atoms with van der Waals surface area (Å²) in [6, 6.07) is 15.5. The van der Waals surface area contributed by atoms with Gasteiger partial charge in [-0.15, -0.1) is 0 Å². The minimum atomic E-state index is -0.651. The van der Waals surface area contributed by atoms with Crippen LogP contribution < -0.4 is 19.7 Å². The Balaban J connectivity index is 1.37. The first-order chi connectivity index (χ1) is 22.0. The summed E-state index contributed by atoms with van der Waals surface area (Å²) in [4.78, 5) is 28.4. The fourth-order valence-corrected chi connectivity index (χ4v) is 5.45. The fourth-order valence-electron chi connectivity index (χ4n) is 5.29. The first-order valence-corrected chi connectivity index (χ1v) is 15.6. The summed E-state index contributed by atoms with van der Waals surface area (Å²) in [5.74, 6) is -0.155. The predicted molar refractivity (Wildman–Crippen MR) is 181 cm³/mol. The molecule has 2 heterocycles. The van der Waals surface area contributed by atoms with Crippen molar-refractivity contribution < 1.29 is 18.7 Å². The number of likely N-dealkylation sites (N-methyl/N-ethyl adjacent to an activating group) is 1. The van der Waals surface area contributed by atoms with Crippen molar-refractivity contribution in [3.8, 4) is 22.9 Å². The number of nitrogens with zero attached hydrogens (tertiary/aromatic N) is 5. The van der Waals surface area contributed by atoms with Gasteiger partial charge < -0.3 is 19.7 Å². The number of hydrogen-bond acceptors (Lipinski definition) is 8. The number of carbonyl (C=O) groups is 1. The molecule has 242 valence electrons. The largest absolute Gasteiger partial charge is 0.489 e. The van der Waals surface area contributed by atoms with Crippen LogP contribution in [0.2, 0.25) is 5.02 Å². The maximum Gasteiger partial charge on any atom is 0.420 e. The van der Waals surface area contributed by atoms with Gasteiger partial charge >= 0.3 is 6.09 Å². The number of anilines is 3. The van der Waals surface area contributed by atoms with Crippen molar-refractivity contribution in [2.24, 2.45) is 0 Å². The van der Waals surface area contributed by atoms with E-state index < -0.39 is 11.9 Å². The number of halogens is 2. The van der Waals surface area contributed by atoms with Gasteiger partial charge in [0, 0.05) is 68.2 Å². The van der Waals surface area contributed by atoms with E-state index in [0.717, 1.165) is 60.5 Å². The zero-order chi connectivity index (χ0) is 33.0. The molecule has 46 heavy (non-hydrogen) atoms. The Morgan fingerprint density at radius 1 is 0.957 bits per heavy atom. The van der Waals surface area contributed by atoms with E-state index in [9.17, 15) is 4.79 Å². The molecule has 11 heteroatoms. The monoisotopic (exact) mass is 646 g/mol. The van der Waals surface area contributed by atoms with Crippen LogP contribution in [0.5, 0.6) is 11.6 Å². The molecule has 0 unspecified atom stereocenters. The van der Waals surface area contributed by atoms with Gasteiger partial charge in [-0.25, -0.2) is 14.2 Å². The first-order valence-electron chi connectivity index (χ1n) is 15.3. The van der Waals surface area contributed by atoms with Crippen molar-refractivity contribution >= 4 is 35.0 Å². The highest BCUT2D eigenvalue weighted by Gasteiger charge is 2.20. The van der Waals surface area contributed by atoms with E-state index in [1.54, 1.807) is 37.4 Å². The van der Waals surface area contributed by atoms with E-state index in [-0.39, 0.29) is 17.6 Å². The van der Waals surface area contributed by atoms with Gasteiger partial charge in [-0.05, 0) is 81.3 Å². The molecule has 0 bridgehead atoms. The molecule has 1 fully saturated rings. The first kappa shape index (κ1) is 33.1. The number of aromatic nitrogens is 2. The number of nitrogens with one attached hydrogen (secondary N) is 1. The van der Waals surface area contributed by atoms with Gasteiger partial charge in [0.2, 0.25) is 11.8 Å². The van der Waals surface area contributed by atoms with Crippen LogP contribution in [0.25, 0.3) is 11.3 Å².